The third kappa shape index (κ3) is 9.34. The van der Waals surface area contributed by atoms with E-state index >= 15 is 0 Å². The van der Waals surface area contributed by atoms with Crippen molar-refractivity contribution in [1.82, 2.24) is 16.0 Å². The van der Waals surface area contributed by atoms with Crippen molar-refractivity contribution in [2.24, 2.45) is 4.99 Å². The Labute approximate surface area is 173 Å². The van der Waals surface area contributed by atoms with Gasteiger partial charge in [0.2, 0.25) is 0 Å². The maximum atomic E-state index is 11.7. The number of thioether (sulfide) groups is 1. The lowest BCUT2D eigenvalue weighted by Crippen LogP contribution is -2.39. The quantitative estimate of drug-likeness (QED) is 0.306. The molecular formula is C18H31IN4OS. The minimum absolute atomic E-state index is 0. The first-order valence-corrected chi connectivity index (χ1v) is 9.52. The maximum absolute atomic E-state index is 11.7. The fourth-order valence-corrected chi connectivity index (χ4v) is 2.21. The number of halogens is 1. The van der Waals surface area contributed by atoms with Gasteiger partial charge in [-0.3, -0.25) is 9.79 Å². The van der Waals surface area contributed by atoms with E-state index in [9.17, 15) is 4.79 Å². The van der Waals surface area contributed by atoms with E-state index in [2.05, 4.69) is 48.0 Å². The zero-order valence-corrected chi connectivity index (χ0v) is 19.0. The first kappa shape index (κ1) is 24.0. The number of amides is 1. The summed E-state index contributed by atoms with van der Waals surface area (Å²) in [4.78, 5) is 16.3. The highest BCUT2D eigenvalue weighted by atomic mass is 127. The van der Waals surface area contributed by atoms with Crippen LogP contribution in [-0.2, 0) is 6.42 Å². The van der Waals surface area contributed by atoms with Crippen molar-refractivity contribution in [2.75, 3.05) is 32.9 Å². The molecule has 0 aliphatic heterocycles. The number of nitrogens with zero attached hydrogens (tertiary/aromatic N) is 1. The average Bonchev–Trinajstić information content (AvgIpc) is 2.59. The van der Waals surface area contributed by atoms with Crippen molar-refractivity contribution < 1.29 is 4.79 Å². The summed E-state index contributed by atoms with van der Waals surface area (Å²) in [7, 11) is 1.64. The van der Waals surface area contributed by atoms with Gasteiger partial charge in [0, 0.05) is 30.4 Å². The number of rotatable bonds is 8. The molecule has 0 aromatic heterocycles. The molecule has 3 N–H and O–H groups in total. The third-order valence-electron chi connectivity index (χ3n) is 3.64. The van der Waals surface area contributed by atoms with Gasteiger partial charge in [-0.15, -0.1) is 24.0 Å². The molecule has 25 heavy (non-hydrogen) atoms. The van der Waals surface area contributed by atoms with Crippen molar-refractivity contribution in [3.63, 3.8) is 0 Å². The van der Waals surface area contributed by atoms with E-state index in [1.54, 1.807) is 7.05 Å². The van der Waals surface area contributed by atoms with E-state index in [0.717, 1.165) is 37.6 Å². The number of carbonyl (C=O) groups is 1. The Morgan fingerprint density at radius 1 is 1.28 bits per heavy atom. The van der Waals surface area contributed by atoms with Crippen LogP contribution in [0.15, 0.2) is 29.3 Å². The first-order chi connectivity index (χ1) is 11.4. The number of benzene rings is 1. The van der Waals surface area contributed by atoms with E-state index in [0.29, 0.717) is 5.56 Å². The Bertz CT molecular complexity index is 564. The molecule has 0 unspecified atom stereocenters. The van der Waals surface area contributed by atoms with Gasteiger partial charge < -0.3 is 16.0 Å². The normalized spacial score (nSPS) is 11.5. The van der Waals surface area contributed by atoms with E-state index in [1.165, 1.54) is 0 Å². The monoisotopic (exact) mass is 478 g/mol. The molecular weight excluding hydrogens is 447 g/mol. The molecule has 0 spiro atoms. The largest absolute Gasteiger partial charge is 0.357 e. The molecule has 1 aromatic rings. The Morgan fingerprint density at radius 2 is 2.00 bits per heavy atom. The minimum atomic E-state index is -0.0565. The molecule has 0 aliphatic carbocycles. The highest BCUT2D eigenvalue weighted by Gasteiger charge is 2.15. The van der Waals surface area contributed by atoms with Crippen LogP contribution in [0.3, 0.4) is 0 Å². The summed E-state index contributed by atoms with van der Waals surface area (Å²) in [6, 6.07) is 7.71. The second-order valence-corrected chi connectivity index (χ2v) is 7.63. The Balaban J connectivity index is 0.00000576. The standard InChI is InChI=1S/C18H30N4OS.HI/c1-6-20-17(22-13-18(2,3)24-5)21-11-10-14-8-7-9-15(12-14)16(23)19-4;/h7-9,12H,6,10-11,13H2,1-5H3,(H,19,23)(H2,20,21,22);1H. The number of carbonyl (C=O) groups excluding carboxylic acids is 1. The topological polar surface area (TPSA) is 65.5 Å². The SMILES string of the molecule is CCNC(=NCC(C)(C)SC)NCCc1cccc(C(=O)NC)c1.I. The minimum Gasteiger partial charge on any atom is -0.357 e. The van der Waals surface area contributed by atoms with E-state index in [4.69, 9.17) is 0 Å². The predicted molar refractivity (Wildman–Crippen MR) is 121 cm³/mol. The van der Waals surface area contributed by atoms with Gasteiger partial charge in [-0.1, -0.05) is 12.1 Å². The fourth-order valence-electron chi connectivity index (χ4n) is 2.01. The summed E-state index contributed by atoms with van der Waals surface area (Å²) in [6.07, 6.45) is 2.94. The zero-order valence-electron chi connectivity index (χ0n) is 15.8. The van der Waals surface area contributed by atoms with Gasteiger partial charge in [0.05, 0.1) is 6.54 Å². The van der Waals surface area contributed by atoms with Gasteiger partial charge in [-0.25, -0.2) is 0 Å². The molecule has 0 heterocycles. The van der Waals surface area contributed by atoms with Gasteiger partial charge in [-0.2, -0.15) is 11.8 Å². The molecule has 0 radical (unpaired) electrons. The van der Waals surface area contributed by atoms with Gasteiger partial charge in [0.25, 0.3) is 5.91 Å². The number of hydrogen-bond donors (Lipinski definition) is 3. The molecule has 7 heteroatoms. The second-order valence-electron chi connectivity index (χ2n) is 6.12. The highest BCUT2D eigenvalue weighted by Crippen LogP contribution is 2.20. The van der Waals surface area contributed by atoms with E-state index in [1.807, 2.05) is 36.0 Å². The van der Waals surface area contributed by atoms with Crippen LogP contribution in [0, 0.1) is 0 Å². The van der Waals surface area contributed by atoms with Gasteiger partial charge in [0.15, 0.2) is 5.96 Å². The van der Waals surface area contributed by atoms with Crippen molar-refractivity contribution in [3.8, 4) is 0 Å². The number of nitrogens with one attached hydrogen (secondary N) is 3. The summed E-state index contributed by atoms with van der Waals surface area (Å²) in [6.45, 7) is 8.80. The smallest absolute Gasteiger partial charge is 0.251 e. The van der Waals surface area contributed by atoms with Crippen LogP contribution in [0.4, 0.5) is 0 Å². The van der Waals surface area contributed by atoms with E-state index in [-0.39, 0.29) is 34.6 Å². The Hall–Kier alpha value is -0.960. The van der Waals surface area contributed by atoms with Crippen LogP contribution >= 0.6 is 35.7 Å². The van der Waals surface area contributed by atoms with Crippen molar-refractivity contribution >= 4 is 47.6 Å². The van der Waals surface area contributed by atoms with Crippen LogP contribution in [0.25, 0.3) is 0 Å². The summed E-state index contributed by atoms with van der Waals surface area (Å²) in [5, 5.41) is 9.28. The molecule has 0 bridgehead atoms. The van der Waals surface area contributed by atoms with Crippen LogP contribution in [-0.4, -0.2) is 49.6 Å². The van der Waals surface area contributed by atoms with Crippen molar-refractivity contribution in [3.05, 3.63) is 35.4 Å². The number of hydrogen-bond acceptors (Lipinski definition) is 3. The summed E-state index contributed by atoms with van der Waals surface area (Å²) in [5.41, 5.74) is 1.82. The molecule has 142 valence electrons. The molecule has 0 atom stereocenters. The van der Waals surface area contributed by atoms with Crippen LogP contribution in [0.5, 0.6) is 0 Å². The van der Waals surface area contributed by atoms with Crippen LogP contribution in [0.2, 0.25) is 0 Å². The second kappa shape index (κ2) is 12.4. The number of aliphatic imine (C=N–C) groups is 1. The molecule has 1 rings (SSSR count). The summed E-state index contributed by atoms with van der Waals surface area (Å²) >= 11 is 1.81. The maximum Gasteiger partial charge on any atom is 0.251 e. The lowest BCUT2D eigenvalue weighted by molar-refractivity contribution is 0.0963. The molecule has 0 fully saturated rings. The molecule has 5 nitrogen and oxygen atoms in total. The Kier molecular flexibility index (Phi) is 11.9. The molecule has 1 aromatic carbocycles. The zero-order chi connectivity index (χ0) is 18.0. The highest BCUT2D eigenvalue weighted by molar-refractivity contribution is 14.0. The van der Waals surface area contributed by atoms with Crippen molar-refractivity contribution in [2.45, 2.75) is 31.9 Å². The predicted octanol–water partition coefficient (Wildman–Crippen LogP) is 2.90. The molecule has 0 saturated carbocycles. The summed E-state index contributed by atoms with van der Waals surface area (Å²) in [5.74, 6) is 0.779. The average molecular weight is 478 g/mol. The molecule has 0 saturated heterocycles. The fraction of sp³-hybridized carbons (Fsp3) is 0.556. The van der Waals surface area contributed by atoms with Gasteiger partial charge >= 0.3 is 0 Å². The van der Waals surface area contributed by atoms with Crippen molar-refractivity contribution in [1.29, 1.82) is 0 Å². The Morgan fingerprint density at radius 3 is 2.60 bits per heavy atom. The van der Waals surface area contributed by atoms with Crippen LogP contribution < -0.4 is 16.0 Å². The first-order valence-electron chi connectivity index (χ1n) is 8.30. The summed E-state index contributed by atoms with van der Waals surface area (Å²) < 4.78 is 0.129. The molecule has 0 aliphatic rings. The lowest BCUT2D eigenvalue weighted by atomic mass is 10.1. The number of guanidine groups is 1. The van der Waals surface area contributed by atoms with E-state index < -0.39 is 0 Å². The van der Waals surface area contributed by atoms with Gasteiger partial charge in [-0.05, 0) is 51.1 Å². The van der Waals surface area contributed by atoms with Crippen LogP contribution in [0.1, 0.15) is 36.7 Å². The lowest BCUT2D eigenvalue weighted by Gasteiger charge is -2.20. The third-order valence-corrected chi connectivity index (χ3v) is 4.87. The molecule has 1 amide bonds. The van der Waals surface area contributed by atoms with Gasteiger partial charge in [0.1, 0.15) is 0 Å².